The number of fused-ring (bicyclic) bond motifs is 1. The molecular formula is C23H29N3O. The molecule has 0 aromatic heterocycles. The second-order valence-electron chi connectivity index (χ2n) is 7.42. The Hall–Kier alpha value is -2.33. The maximum atomic E-state index is 5.69. The van der Waals surface area contributed by atoms with Crippen LogP contribution in [0.1, 0.15) is 44.6 Å². The molecule has 3 aliphatic rings. The van der Waals surface area contributed by atoms with E-state index >= 15 is 0 Å². The third-order valence-electron chi connectivity index (χ3n) is 5.40. The molecule has 4 heteroatoms. The van der Waals surface area contributed by atoms with Gasteiger partial charge < -0.3 is 15.0 Å². The maximum absolute atomic E-state index is 5.69. The zero-order chi connectivity index (χ0) is 18.5. The van der Waals surface area contributed by atoms with Gasteiger partial charge in [-0.2, -0.15) is 0 Å². The Kier molecular flexibility index (Phi) is 5.73. The van der Waals surface area contributed by atoms with Gasteiger partial charge in [-0.3, -0.25) is 0 Å². The van der Waals surface area contributed by atoms with Gasteiger partial charge in [0, 0.05) is 36.3 Å². The number of nitrogens with zero attached hydrogens (tertiary/aromatic N) is 2. The second-order valence-corrected chi connectivity index (χ2v) is 7.42. The van der Waals surface area contributed by atoms with Crippen LogP contribution in [0.4, 0.5) is 5.69 Å². The summed E-state index contributed by atoms with van der Waals surface area (Å²) in [6.45, 7) is 4.92. The second kappa shape index (κ2) is 8.57. The number of anilines is 1. The summed E-state index contributed by atoms with van der Waals surface area (Å²) in [7, 11) is 0. The molecule has 4 rings (SSSR count). The quantitative estimate of drug-likeness (QED) is 0.742. The summed E-state index contributed by atoms with van der Waals surface area (Å²) in [4.78, 5) is 7.19. The van der Waals surface area contributed by atoms with Gasteiger partial charge >= 0.3 is 0 Å². The Bertz CT molecular complexity index is 767. The molecule has 0 aliphatic carbocycles. The number of nitrogens with one attached hydrogen (secondary N) is 1. The Morgan fingerprint density at radius 1 is 1.22 bits per heavy atom. The average molecular weight is 364 g/mol. The predicted octanol–water partition coefficient (Wildman–Crippen LogP) is 4.98. The van der Waals surface area contributed by atoms with E-state index in [2.05, 4.69) is 65.8 Å². The fraction of sp³-hybridized carbons (Fsp3) is 0.435. The number of rotatable bonds is 7. The fourth-order valence-electron chi connectivity index (χ4n) is 3.81. The molecule has 4 nitrogen and oxygen atoms in total. The molecule has 0 bridgehead atoms. The molecule has 0 saturated carbocycles. The highest BCUT2D eigenvalue weighted by Crippen LogP contribution is 2.30. The Morgan fingerprint density at radius 3 is 2.89 bits per heavy atom. The molecule has 27 heavy (non-hydrogen) atoms. The summed E-state index contributed by atoms with van der Waals surface area (Å²) in [5, 5.41) is 3.51. The summed E-state index contributed by atoms with van der Waals surface area (Å²) < 4.78 is 5.69. The van der Waals surface area contributed by atoms with Gasteiger partial charge in [0.25, 0.3) is 0 Å². The third-order valence-corrected chi connectivity index (χ3v) is 5.40. The van der Waals surface area contributed by atoms with Crippen molar-refractivity contribution in [1.29, 1.82) is 0 Å². The van der Waals surface area contributed by atoms with Crippen molar-refractivity contribution >= 4 is 17.1 Å². The first-order valence-electron chi connectivity index (χ1n) is 10.2. The smallest absolute Gasteiger partial charge is 0.133 e. The number of aliphatic imine (C=N–C) groups is 1. The molecule has 0 unspecified atom stereocenters. The fourth-order valence-corrected chi connectivity index (χ4v) is 3.81. The Labute approximate surface area is 162 Å². The number of hydrogen-bond donors (Lipinski definition) is 1. The van der Waals surface area contributed by atoms with Crippen molar-refractivity contribution in [2.45, 2.75) is 45.1 Å². The van der Waals surface area contributed by atoms with E-state index in [1.54, 1.807) is 0 Å². The van der Waals surface area contributed by atoms with Gasteiger partial charge in [-0.1, -0.05) is 31.6 Å². The molecule has 0 amide bonds. The van der Waals surface area contributed by atoms with E-state index in [4.69, 9.17) is 9.73 Å². The van der Waals surface area contributed by atoms with Gasteiger partial charge in [0.1, 0.15) is 5.84 Å². The molecule has 1 fully saturated rings. The van der Waals surface area contributed by atoms with E-state index in [9.17, 15) is 0 Å². The minimum atomic E-state index is 0.359. The first kappa shape index (κ1) is 18.1. The molecule has 1 aromatic carbocycles. The Morgan fingerprint density at radius 2 is 2.11 bits per heavy atom. The van der Waals surface area contributed by atoms with E-state index in [0.717, 1.165) is 44.1 Å². The summed E-state index contributed by atoms with van der Waals surface area (Å²) in [5.74, 6) is 1.06. The summed E-state index contributed by atoms with van der Waals surface area (Å²) in [6, 6.07) is 8.81. The lowest BCUT2D eigenvalue weighted by molar-refractivity contribution is 0.120. The van der Waals surface area contributed by atoms with Crippen LogP contribution in [0.2, 0.25) is 0 Å². The van der Waals surface area contributed by atoms with Crippen molar-refractivity contribution in [3.05, 3.63) is 60.0 Å². The van der Waals surface area contributed by atoms with Gasteiger partial charge in [-0.15, -0.1) is 0 Å². The van der Waals surface area contributed by atoms with Crippen molar-refractivity contribution in [2.75, 3.05) is 25.0 Å². The standard InChI is InChI=1S/C23H29N3O/c1-2-3-8-22-21(17-26-14-5-4-9-23(26)25-22)18-10-12-19(13-11-18)24-16-20-7-6-15-27-20/h4-5,9-14,20,24H,2-3,6-8,15-17H2,1H3/t20-/m1/s1. The average Bonchev–Trinajstić information content (AvgIpc) is 3.24. The van der Waals surface area contributed by atoms with Crippen LogP contribution in [-0.4, -0.2) is 36.5 Å². The van der Waals surface area contributed by atoms with Crippen LogP contribution in [0, 0.1) is 0 Å². The molecular weight excluding hydrogens is 334 g/mol. The third kappa shape index (κ3) is 4.33. The minimum absolute atomic E-state index is 0.359. The molecule has 0 spiro atoms. The van der Waals surface area contributed by atoms with Crippen LogP contribution in [0.5, 0.6) is 0 Å². The van der Waals surface area contributed by atoms with E-state index in [-0.39, 0.29) is 0 Å². The van der Waals surface area contributed by atoms with Gasteiger partial charge in [-0.25, -0.2) is 4.99 Å². The number of allylic oxidation sites excluding steroid dienone is 3. The molecule has 1 atom stereocenters. The highest BCUT2D eigenvalue weighted by atomic mass is 16.5. The monoisotopic (exact) mass is 363 g/mol. The van der Waals surface area contributed by atoms with E-state index < -0.39 is 0 Å². The van der Waals surface area contributed by atoms with Gasteiger partial charge in [-0.05, 0) is 55.5 Å². The van der Waals surface area contributed by atoms with Crippen LogP contribution in [0.15, 0.2) is 59.4 Å². The predicted molar refractivity (Wildman–Crippen MR) is 113 cm³/mol. The number of hydrogen-bond acceptors (Lipinski definition) is 4. The maximum Gasteiger partial charge on any atom is 0.133 e. The van der Waals surface area contributed by atoms with Crippen molar-refractivity contribution in [1.82, 2.24) is 4.90 Å². The zero-order valence-electron chi connectivity index (χ0n) is 16.2. The van der Waals surface area contributed by atoms with Crippen LogP contribution < -0.4 is 5.32 Å². The number of amidine groups is 1. The number of unbranched alkanes of at least 4 members (excludes halogenated alkanes) is 1. The van der Waals surface area contributed by atoms with Crippen LogP contribution in [-0.2, 0) is 4.74 Å². The van der Waals surface area contributed by atoms with Crippen molar-refractivity contribution in [3.8, 4) is 0 Å². The first-order chi connectivity index (χ1) is 13.3. The van der Waals surface area contributed by atoms with Crippen LogP contribution in [0.3, 0.4) is 0 Å². The highest BCUT2D eigenvalue weighted by molar-refractivity contribution is 5.99. The summed E-state index contributed by atoms with van der Waals surface area (Å²) >= 11 is 0. The van der Waals surface area contributed by atoms with Gasteiger partial charge in [0.2, 0.25) is 0 Å². The van der Waals surface area contributed by atoms with E-state index in [0.29, 0.717) is 6.10 Å². The van der Waals surface area contributed by atoms with Crippen molar-refractivity contribution in [2.24, 2.45) is 4.99 Å². The lowest BCUT2D eigenvalue weighted by Crippen LogP contribution is -2.31. The van der Waals surface area contributed by atoms with E-state index in [1.165, 1.54) is 36.1 Å². The van der Waals surface area contributed by atoms with Crippen molar-refractivity contribution < 1.29 is 4.74 Å². The lowest BCUT2D eigenvalue weighted by atomic mass is 9.98. The summed E-state index contributed by atoms with van der Waals surface area (Å²) in [5.41, 5.74) is 5.02. The van der Waals surface area contributed by atoms with E-state index in [1.807, 2.05) is 0 Å². The zero-order valence-corrected chi connectivity index (χ0v) is 16.2. The largest absolute Gasteiger partial charge is 0.382 e. The van der Waals surface area contributed by atoms with Gasteiger partial charge in [0.15, 0.2) is 0 Å². The number of benzene rings is 1. The molecule has 3 heterocycles. The molecule has 1 aromatic rings. The first-order valence-corrected chi connectivity index (χ1v) is 10.2. The Balaban J connectivity index is 1.51. The normalized spacial score (nSPS) is 21.4. The van der Waals surface area contributed by atoms with Crippen LogP contribution in [0.25, 0.3) is 5.57 Å². The molecule has 142 valence electrons. The lowest BCUT2D eigenvalue weighted by Gasteiger charge is -2.30. The minimum Gasteiger partial charge on any atom is -0.382 e. The summed E-state index contributed by atoms with van der Waals surface area (Å²) in [6.07, 6.45) is 14.5. The molecule has 3 aliphatic heterocycles. The topological polar surface area (TPSA) is 36.9 Å². The van der Waals surface area contributed by atoms with Crippen molar-refractivity contribution in [3.63, 3.8) is 0 Å². The molecule has 0 radical (unpaired) electrons. The molecule has 1 N–H and O–H groups in total. The molecule has 1 saturated heterocycles. The van der Waals surface area contributed by atoms with Gasteiger partial charge in [0.05, 0.1) is 12.6 Å². The SMILES string of the molecule is CCCCC1=C(c2ccc(NC[C@H]3CCCO3)cc2)CN2C=CC=CC2=N1. The van der Waals surface area contributed by atoms with Crippen LogP contribution >= 0.6 is 0 Å². The highest BCUT2D eigenvalue weighted by Gasteiger charge is 2.21. The number of ether oxygens (including phenoxy) is 1.